The van der Waals surface area contributed by atoms with Crippen molar-refractivity contribution in [1.29, 1.82) is 0 Å². The molecule has 3 amide bonds. The first kappa shape index (κ1) is 12.9. The summed E-state index contributed by atoms with van der Waals surface area (Å²) in [4.78, 5) is 43.8. The highest BCUT2D eigenvalue weighted by atomic mass is 16.4. The van der Waals surface area contributed by atoms with Crippen molar-refractivity contribution in [1.82, 2.24) is 10.6 Å². The molecule has 5 N–H and O–H groups in total. The summed E-state index contributed by atoms with van der Waals surface area (Å²) in [5.41, 5.74) is 4.86. The molecule has 1 fully saturated rings. The van der Waals surface area contributed by atoms with Gasteiger partial charge in [0.15, 0.2) is 0 Å². The summed E-state index contributed by atoms with van der Waals surface area (Å²) in [6.07, 6.45) is 0.0565. The molecule has 94 valence electrons. The predicted octanol–water partition coefficient (Wildman–Crippen LogP) is -2.29. The van der Waals surface area contributed by atoms with Gasteiger partial charge in [0.2, 0.25) is 17.7 Å². The number of nitrogens with two attached hydrogens (primary N) is 1. The largest absolute Gasteiger partial charge is 0.480 e. The van der Waals surface area contributed by atoms with Gasteiger partial charge >= 0.3 is 5.97 Å². The molecule has 8 nitrogen and oxygen atoms in total. The number of nitrogens with one attached hydrogen (secondary N) is 2. The summed E-state index contributed by atoms with van der Waals surface area (Å²) in [5, 5.41) is 13.3. The maximum Gasteiger partial charge on any atom is 0.326 e. The number of aliphatic carboxylic acids is 1. The minimum atomic E-state index is -1.36. The lowest BCUT2D eigenvalue weighted by Crippen LogP contribution is -2.49. The van der Waals surface area contributed by atoms with Crippen molar-refractivity contribution >= 4 is 23.7 Å². The van der Waals surface area contributed by atoms with Crippen LogP contribution >= 0.6 is 0 Å². The Morgan fingerprint density at radius 2 is 2.18 bits per heavy atom. The van der Waals surface area contributed by atoms with Crippen LogP contribution in [0.3, 0.4) is 0 Å². The van der Waals surface area contributed by atoms with Crippen LogP contribution in [-0.2, 0) is 19.2 Å². The number of carbonyl (C=O) groups excluding carboxylic acids is 3. The molecule has 1 rings (SSSR count). The monoisotopic (exact) mass is 243 g/mol. The number of hydrogen-bond acceptors (Lipinski definition) is 4. The summed E-state index contributed by atoms with van der Waals surface area (Å²) in [6.45, 7) is 0. The van der Waals surface area contributed by atoms with Gasteiger partial charge in [-0.25, -0.2) is 4.79 Å². The van der Waals surface area contributed by atoms with Gasteiger partial charge in [-0.05, 0) is 6.42 Å². The number of carboxylic acids is 1. The molecule has 0 bridgehead atoms. The molecule has 0 aromatic heterocycles. The van der Waals surface area contributed by atoms with Gasteiger partial charge in [-0.15, -0.1) is 0 Å². The van der Waals surface area contributed by atoms with Crippen LogP contribution in [0, 0.1) is 0 Å². The molecule has 1 aliphatic rings. The Bertz CT molecular complexity index is 368. The molecular formula is C9H13N3O5. The molecule has 0 aliphatic carbocycles. The van der Waals surface area contributed by atoms with Crippen molar-refractivity contribution in [2.75, 3.05) is 0 Å². The van der Waals surface area contributed by atoms with Crippen LogP contribution in [0.15, 0.2) is 0 Å². The first-order valence-corrected chi connectivity index (χ1v) is 5.01. The standard InChI is InChI=1S/C9H13N3O5/c10-6(13)3-5(9(16)17)12-8(15)4-1-2-7(14)11-4/h4-5H,1-3H2,(H2,10,13)(H,11,14)(H,12,15)(H,16,17)/t4?,5-/m1/s1. The van der Waals surface area contributed by atoms with Crippen molar-refractivity contribution in [3.8, 4) is 0 Å². The van der Waals surface area contributed by atoms with E-state index in [1.807, 2.05) is 0 Å². The lowest BCUT2D eigenvalue weighted by atomic mass is 10.1. The highest BCUT2D eigenvalue weighted by Crippen LogP contribution is 2.07. The van der Waals surface area contributed by atoms with Gasteiger partial charge in [-0.1, -0.05) is 0 Å². The normalized spacial score (nSPS) is 20.5. The van der Waals surface area contributed by atoms with E-state index in [9.17, 15) is 19.2 Å². The lowest BCUT2D eigenvalue weighted by Gasteiger charge is -2.16. The lowest BCUT2D eigenvalue weighted by molar-refractivity contribution is -0.143. The van der Waals surface area contributed by atoms with Crippen molar-refractivity contribution in [3.63, 3.8) is 0 Å². The zero-order valence-electron chi connectivity index (χ0n) is 8.93. The maximum atomic E-state index is 11.5. The van der Waals surface area contributed by atoms with Gasteiger partial charge in [-0.2, -0.15) is 0 Å². The van der Waals surface area contributed by atoms with Crippen molar-refractivity contribution < 1.29 is 24.3 Å². The molecule has 0 spiro atoms. The highest BCUT2D eigenvalue weighted by Gasteiger charge is 2.30. The number of carbonyl (C=O) groups is 4. The molecule has 17 heavy (non-hydrogen) atoms. The molecule has 0 radical (unpaired) electrons. The summed E-state index contributed by atoms with van der Waals surface area (Å²) in [5.74, 6) is -3.05. The fourth-order valence-corrected chi connectivity index (χ4v) is 1.48. The van der Waals surface area contributed by atoms with Gasteiger partial charge in [0.05, 0.1) is 6.42 Å². The van der Waals surface area contributed by atoms with E-state index in [1.54, 1.807) is 0 Å². The summed E-state index contributed by atoms with van der Waals surface area (Å²) in [7, 11) is 0. The van der Waals surface area contributed by atoms with Gasteiger partial charge < -0.3 is 21.5 Å². The summed E-state index contributed by atoms with van der Waals surface area (Å²) in [6, 6.07) is -2.10. The van der Waals surface area contributed by atoms with Crippen molar-refractivity contribution in [2.45, 2.75) is 31.3 Å². The zero-order valence-corrected chi connectivity index (χ0v) is 8.93. The third kappa shape index (κ3) is 3.74. The highest BCUT2D eigenvalue weighted by molar-refractivity contribution is 5.94. The van der Waals surface area contributed by atoms with Crippen LogP contribution in [-0.4, -0.2) is 40.9 Å². The van der Waals surface area contributed by atoms with Crippen molar-refractivity contribution in [3.05, 3.63) is 0 Å². The Hall–Kier alpha value is -2.12. The van der Waals surface area contributed by atoms with E-state index < -0.39 is 36.3 Å². The second-order valence-corrected chi connectivity index (χ2v) is 3.73. The third-order valence-corrected chi connectivity index (χ3v) is 2.33. The Morgan fingerprint density at radius 3 is 2.59 bits per heavy atom. The van der Waals surface area contributed by atoms with Gasteiger partial charge in [-0.3, -0.25) is 14.4 Å². The van der Waals surface area contributed by atoms with Crippen LogP contribution in [0.2, 0.25) is 0 Å². The number of hydrogen-bond donors (Lipinski definition) is 4. The molecule has 1 aliphatic heterocycles. The van der Waals surface area contributed by atoms with Crippen LogP contribution in [0.5, 0.6) is 0 Å². The third-order valence-electron chi connectivity index (χ3n) is 2.33. The molecule has 1 saturated heterocycles. The van der Waals surface area contributed by atoms with E-state index in [2.05, 4.69) is 10.6 Å². The summed E-state index contributed by atoms with van der Waals surface area (Å²) < 4.78 is 0. The Balaban J connectivity index is 2.55. The molecule has 0 saturated carbocycles. The van der Waals surface area contributed by atoms with Crippen LogP contribution in [0.4, 0.5) is 0 Å². The fraction of sp³-hybridized carbons (Fsp3) is 0.556. The quantitative estimate of drug-likeness (QED) is 0.430. The van der Waals surface area contributed by atoms with E-state index in [0.717, 1.165) is 0 Å². The molecule has 8 heteroatoms. The van der Waals surface area contributed by atoms with E-state index in [0.29, 0.717) is 6.42 Å². The molecule has 0 aromatic carbocycles. The topological polar surface area (TPSA) is 139 Å². The van der Waals surface area contributed by atoms with Crippen LogP contribution < -0.4 is 16.4 Å². The van der Waals surface area contributed by atoms with E-state index in [1.165, 1.54) is 0 Å². The Kier molecular flexibility index (Phi) is 4.02. The molecular weight excluding hydrogens is 230 g/mol. The second kappa shape index (κ2) is 5.28. The number of primary amides is 1. The fourth-order valence-electron chi connectivity index (χ4n) is 1.48. The minimum absolute atomic E-state index is 0.228. The predicted molar refractivity (Wildman–Crippen MR) is 54.5 cm³/mol. The van der Waals surface area contributed by atoms with Gasteiger partial charge in [0, 0.05) is 6.42 Å². The second-order valence-electron chi connectivity index (χ2n) is 3.73. The van der Waals surface area contributed by atoms with Crippen LogP contribution in [0.25, 0.3) is 0 Å². The molecule has 1 unspecified atom stereocenters. The minimum Gasteiger partial charge on any atom is -0.480 e. The number of carboxylic acid groups (broad SMARTS) is 1. The number of rotatable bonds is 5. The van der Waals surface area contributed by atoms with E-state index in [-0.39, 0.29) is 12.3 Å². The molecule has 2 atom stereocenters. The Morgan fingerprint density at radius 1 is 1.53 bits per heavy atom. The number of amides is 3. The SMILES string of the molecule is NC(=O)C[C@@H](NC(=O)C1CCC(=O)N1)C(=O)O. The average Bonchev–Trinajstić information content (AvgIpc) is 2.63. The zero-order chi connectivity index (χ0) is 13.0. The smallest absolute Gasteiger partial charge is 0.326 e. The first-order chi connectivity index (χ1) is 7.90. The van der Waals surface area contributed by atoms with Crippen LogP contribution in [0.1, 0.15) is 19.3 Å². The average molecular weight is 243 g/mol. The molecule has 0 aromatic rings. The maximum absolute atomic E-state index is 11.5. The molecule has 1 heterocycles. The Labute approximate surface area is 96.5 Å². The van der Waals surface area contributed by atoms with Gasteiger partial charge in [0.25, 0.3) is 0 Å². The van der Waals surface area contributed by atoms with Gasteiger partial charge in [0.1, 0.15) is 12.1 Å². The first-order valence-electron chi connectivity index (χ1n) is 5.01. The van der Waals surface area contributed by atoms with E-state index >= 15 is 0 Å². The van der Waals surface area contributed by atoms with Crippen molar-refractivity contribution in [2.24, 2.45) is 5.73 Å². The van der Waals surface area contributed by atoms with E-state index in [4.69, 9.17) is 10.8 Å². The summed E-state index contributed by atoms with van der Waals surface area (Å²) >= 11 is 0.